The number of primary amides is 1. The van der Waals surface area contributed by atoms with Crippen molar-refractivity contribution >= 4 is 23.6 Å². The standard InChI is InChI=1S/C22H21N5O3/c23-19(28)13-30-18-10-1-14(2-11-18)3-12-20(29)24-17-8-6-16(7-9-17)22-25-21(26-27-22)15-4-5-15/h1-3,6-12,15H,4-5,13H2,(H2,23,28)(H,24,29)(H,25,26,27)/b12-3+. The number of nitrogens with zero attached hydrogens (tertiary/aromatic N) is 2. The van der Waals surface area contributed by atoms with Crippen LogP contribution in [-0.2, 0) is 9.59 Å². The summed E-state index contributed by atoms with van der Waals surface area (Å²) in [6, 6.07) is 14.4. The molecule has 1 aliphatic carbocycles. The van der Waals surface area contributed by atoms with E-state index in [0.29, 0.717) is 23.2 Å². The predicted octanol–water partition coefficient (Wildman–Crippen LogP) is 2.87. The molecule has 0 unspecified atom stereocenters. The Morgan fingerprint density at radius 1 is 1.13 bits per heavy atom. The van der Waals surface area contributed by atoms with Gasteiger partial charge in [-0.2, -0.15) is 5.10 Å². The Bertz CT molecular complexity index is 1070. The summed E-state index contributed by atoms with van der Waals surface area (Å²) in [6.45, 7) is -0.172. The number of H-pyrrole nitrogens is 1. The van der Waals surface area contributed by atoms with Crippen LogP contribution in [0.2, 0.25) is 0 Å². The Labute approximate surface area is 173 Å². The lowest BCUT2D eigenvalue weighted by Gasteiger charge is -2.04. The number of rotatable bonds is 8. The molecule has 0 spiro atoms. The Hall–Kier alpha value is -3.94. The normalized spacial score (nSPS) is 13.3. The van der Waals surface area contributed by atoms with Gasteiger partial charge in [0.15, 0.2) is 12.4 Å². The Morgan fingerprint density at radius 3 is 2.53 bits per heavy atom. The van der Waals surface area contributed by atoms with Gasteiger partial charge in [-0.05, 0) is 60.9 Å². The molecule has 152 valence electrons. The Balaban J connectivity index is 1.31. The maximum Gasteiger partial charge on any atom is 0.255 e. The molecule has 0 saturated heterocycles. The fourth-order valence-electron chi connectivity index (χ4n) is 2.83. The molecule has 2 aromatic carbocycles. The van der Waals surface area contributed by atoms with Gasteiger partial charge >= 0.3 is 0 Å². The SMILES string of the molecule is NC(=O)COc1ccc(/C=C/C(=O)Nc2ccc(-c3n[nH]c(C4CC4)n3)cc2)cc1. The first-order valence-corrected chi connectivity index (χ1v) is 9.60. The minimum atomic E-state index is -0.535. The summed E-state index contributed by atoms with van der Waals surface area (Å²) >= 11 is 0. The second-order valence-corrected chi connectivity index (χ2v) is 7.04. The quantitative estimate of drug-likeness (QED) is 0.499. The number of hydrogen-bond donors (Lipinski definition) is 3. The molecule has 8 heteroatoms. The van der Waals surface area contributed by atoms with E-state index in [0.717, 1.165) is 17.0 Å². The van der Waals surface area contributed by atoms with Crippen LogP contribution in [0.4, 0.5) is 5.69 Å². The largest absolute Gasteiger partial charge is 0.484 e. The molecule has 0 radical (unpaired) electrons. The van der Waals surface area contributed by atoms with E-state index in [1.165, 1.54) is 18.9 Å². The number of carbonyl (C=O) groups is 2. The molecule has 1 aromatic heterocycles. The highest BCUT2D eigenvalue weighted by Gasteiger charge is 2.27. The summed E-state index contributed by atoms with van der Waals surface area (Å²) in [5.74, 6) is 1.89. The van der Waals surface area contributed by atoms with Gasteiger partial charge in [-0.25, -0.2) is 4.98 Å². The minimum absolute atomic E-state index is 0.172. The number of nitrogens with one attached hydrogen (secondary N) is 2. The number of ether oxygens (including phenoxy) is 1. The van der Waals surface area contributed by atoms with Crippen LogP contribution < -0.4 is 15.8 Å². The van der Waals surface area contributed by atoms with Crippen LogP contribution >= 0.6 is 0 Å². The summed E-state index contributed by atoms with van der Waals surface area (Å²) in [7, 11) is 0. The third kappa shape index (κ3) is 5.11. The van der Waals surface area contributed by atoms with E-state index in [1.807, 2.05) is 24.3 Å². The van der Waals surface area contributed by atoms with Crippen molar-refractivity contribution in [1.82, 2.24) is 15.2 Å². The molecule has 3 aromatic rings. The molecule has 0 aliphatic heterocycles. The Morgan fingerprint density at radius 2 is 1.87 bits per heavy atom. The zero-order chi connectivity index (χ0) is 20.9. The molecule has 30 heavy (non-hydrogen) atoms. The summed E-state index contributed by atoms with van der Waals surface area (Å²) in [6.07, 6.45) is 5.47. The monoisotopic (exact) mass is 403 g/mol. The summed E-state index contributed by atoms with van der Waals surface area (Å²) in [5, 5.41) is 10.1. The van der Waals surface area contributed by atoms with Gasteiger partial charge < -0.3 is 15.8 Å². The molecule has 1 heterocycles. The van der Waals surface area contributed by atoms with Crippen molar-refractivity contribution < 1.29 is 14.3 Å². The van der Waals surface area contributed by atoms with Crippen molar-refractivity contribution in [2.75, 3.05) is 11.9 Å². The third-order valence-electron chi connectivity index (χ3n) is 4.57. The predicted molar refractivity (Wildman–Crippen MR) is 113 cm³/mol. The van der Waals surface area contributed by atoms with Crippen molar-refractivity contribution in [3.05, 3.63) is 66.0 Å². The second kappa shape index (κ2) is 8.60. The summed E-state index contributed by atoms with van der Waals surface area (Å²) in [4.78, 5) is 27.4. The molecular formula is C22H21N5O3. The highest BCUT2D eigenvalue weighted by atomic mass is 16.5. The highest BCUT2D eigenvalue weighted by Crippen LogP contribution is 2.38. The first kappa shape index (κ1) is 19.4. The molecule has 0 bridgehead atoms. The van der Waals surface area contributed by atoms with Gasteiger partial charge in [-0.15, -0.1) is 0 Å². The molecule has 1 fully saturated rings. The number of nitrogens with two attached hydrogens (primary N) is 1. The maximum atomic E-state index is 12.2. The van der Waals surface area contributed by atoms with Crippen molar-refractivity contribution in [3.63, 3.8) is 0 Å². The van der Waals surface area contributed by atoms with Gasteiger partial charge in [0.2, 0.25) is 5.91 Å². The molecule has 1 saturated carbocycles. The average molecular weight is 403 g/mol. The molecule has 2 amide bonds. The van der Waals surface area contributed by atoms with E-state index in [1.54, 1.807) is 30.3 Å². The van der Waals surface area contributed by atoms with Crippen LogP contribution in [0.1, 0.15) is 30.1 Å². The number of hydrogen-bond acceptors (Lipinski definition) is 5. The smallest absolute Gasteiger partial charge is 0.255 e. The van der Waals surface area contributed by atoms with E-state index >= 15 is 0 Å². The lowest BCUT2D eigenvalue weighted by Crippen LogP contribution is -2.19. The number of anilines is 1. The van der Waals surface area contributed by atoms with Crippen molar-refractivity contribution in [2.45, 2.75) is 18.8 Å². The van der Waals surface area contributed by atoms with Crippen LogP contribution in [0.15, 0.2) is 54.6 Å². The zero-order valence-corrected chi connectivity index (χ0v) is 16.2. The number of benzene rings is 2. The first-order chi connectivity index (χ1) is 14.6. The molecule has 4 N–H and O–H groups in total. The number of aromatic amines is 1. The van der Waals surface area contributed by atoms with Gasteiger partial charge in [-0.1, -0.05) is 12.1 Å². The van der Waals surface area contributed by atoms with Crippen LogP contribution in [0.3, 0.4) is 0 Å². The van der Waals surface area contributed by atoms with Gasteiger partial charge in [0, 0.05) is 23.2 Å². The minimum Gasteiger partial charge on any atom is -0.484 e. The van der Waals surface area contributed by atoms with Crippen LogP contribution in [0.5, 0.6) is 5.75 Å². The molecule has 0 atom stereocenters. The molecule has 8 nitrogen and oxygen atoms in total. The van der Waals surface area contributed by atoms with Gasteiger partial charge in [0.1, 0.15) is 11.6 Å². The Kier molecular flexibility index (Phi) is 5.56. The first-order valence-electron chi connectivity index (χ1n) is 9.60. The summed E-state index contributed by atoms with van der Waals surface area (Å²) < 4.78 is 5.20. The van der Waals surface area contributed by atoms with E-state index < -0.39 is 5.91 Å². The second-order valence-electron chi connectivity index (χ2n) is 7.04. The van der Waals surface area contributed by atoms with Crippen LogP contribution in [0.25, 0.3) is 17.5 Å². The van der Waals surface area contributed by atoms with Crippen LogP contribution in [0, 0.1) is 0 Å². The molecule has 4 rings (SSSR count). The molecular weight excluding hydrogens is 382 g/mol. The number of amides is 2. The van der Waals surface area contributed by atoms with E-state index in [9.17, 15) is 9.59 Å². The van der Waals surface area contributed by atoms with E-state index in [-0.39, 0.29) is 12.5 Å². The van der Waals surface area contributed by atoms with Gasteiger partial charge in [-0.3, -0.25) is 14.7 Å². The van der Waals surface area contributed by atoms with Gasteiger partial charge in [0.05, 0.1) is 0 Å². The lowest BCUT2D eigenvalue weighted by atomic mass is 10.2. The van der Waals surface area contributed by atoms with Gasteiger partial charge in [0.25, 0.3) is 5.91 Å². The number of aromatic nitrogens is 3. The van der Waals surface area contributed by atoms with Crippen molar-refractivity contribution in [2.24, 2.45) is 5.73 Å². The fourth-order valence-corrected chi connectivity index (χ4v) is 2.83. The maximum absolute atomic E-state index is 12.2. The van der Waals surface area contributed by atoms with Crippen molar-refractivity contribution in [1.29, 1.82) is 0 Å². The number of carbonyl (C=O) groups excluding carboxylic acids is 2. The van der Waals surface area contributed by atoms with Crippen LogP contribution in [-0.4, -0.2) is 33.6 Å². The zero-order valence-electron chi connectivity index (χ0n) is 16.2. The van der Waals surface area contributed by atoms with E-state index in [4.69, 9.17) is 10.5 Å². The summed E-state index contributed by atoms with van der Waals surface area (Å²) in [5.41, 5.74) is 7.44. The molecule has 1 aliphatic rings. The highest BCUT2D eigenvalue weighted by molar-refractivity contribution is 6.02. The van der Waals surface area contributed by atoms with E-state index in [2.05, 4.69) is 20.5 Å². The fraction of sp³-hybridized carbons (Fsp3) is 0.182. The van der Waals surface area contributed by atoms with Crippen molar-refractivity contribution in [3.8, 4) is 17.1 Å². The average Bonchev–Trinajstić information content (AvgIpc) is 3.49. The lowest BCUT2D eigenvalue weighted by molar-refractivity contribution is -0.120. The third-order valence-corrected chi connectivity index (χ3v) is 4.57. The topological polar surface area (TPSA) is 123 Å².